The number of hydrogen-bond donors (Lipinski definition) is 0. The van der Waals surface area contributed by atoms with Gasteiger partial charge in [0.25, 0.3) is 5.91 Å². The van der Waals surface area contributed by atoms with E-state index >= 15 is 0 Å². The van der Waals surface area contributed by atoms with E-state index in [0.29, 0.717) is 44.4 Å². The highest BCUT2D eigenvalue weighted by atomic mass is 16.5. The van der Waals surface area contributed by atoms with E-state index in [1.54, 1.807) is 18.1 Å². The molecule has 0 spiro atoms. The molecule has 4 rings (SSSR count). The molecule has 1 aliphatic heterocycles. The first-order chi connectivity index (χ1) is 17.1. The van der Waals surface area contributed by atoms with Gasteiger partial charge in [0, 0.05) is 25.6 Å². The predicted molar refractivity (Wildman–Crippen MR) is 135 cm³/mol. The third kappa shape index (κ3) is 6.99. The molecule has 1 aliphatic rings. The number of fused-ring (bicyclic) bond motifs is 3. The second-order valence-corrected chi connectivity index (χ2v) is 8.54. The van der Waals surface area contributed by atoms with E-state index in [1.165, 1.54) is 11.1 Å². The maximum absolute atomic E-state index is 13.1. The molecule has 184 valence electrons. The molecule has 3 aromatic carbocycles. The quantitative estimate of drug-likeness (QED) is 0.537. The lowest BCUT2D eigenvalue weighted by Crippen LogP contribution is -2.37. The van der Waals surface area contributed by atoms with Crippen LogP contribution in [0.4, 0.5) is 0 Å². The van der Waals surface area contributed by atoms with Gasteiger partial charge in [-0.05, 0) is 46.9 Å². The SMILES string of the molecule is CCc1ccc2c(c1)Cc1cccc(c1)CN(C(=O)COc1cccc(OC)c1)CCOCCO2. The Hall–Kier alpha value is -3.51. The number of carbonyl (C=O) groups is 1. The topological polar surface area (TPSA) is 57.2 Å². The maximum Gasteiger partial charge on any atom is 0.260 e. The first-order valence-corrected chi connectivity index (χ1v) is 12.1. The molecule has 6 nitrogen and oxygen atoms in total. The summed E-state index contributed by atoms with van der Waals surface area (Å²) in [6.45, 7) is 4.42. The summed E-state index contributed by atoms with van der Waals surface area (Å²) in [5.41, 5.74) is 4.71. The van der Waals surface area contributed by atoms with Crippen molar-refractivity contribution in [2.24, 2.45) is 0 Å². The fourth-order valence-electron chi connectivity index (χ4n) is 4.12. The highest BCUT2D eigenvalue weighted by Crippen LogP contribution is 2.25. The van der Waals surface area contributed by atoms with E-state index in [-0.39, 0.29) is 12.5 Å². The Morgan fingerprint density at radius 2 is 1.77 bits per heavy atom. The van der Waals surface area contributed by atoms with Crippen LogP contribution in [0.3, 0.4) is 0 Å². The monoisotopic (exact) mass is 475 g/mol. The Bertz CT molecular complexity index is 1130. The van der Waals surface area contributed by atoms with Crippen molar-refractivity contribution in [1.29, 1.82) is 0 Å². The summed E-state index contributed by atoms with van der Waals surface area (Å²) >= 11 is 0. The van der Waals surface area contributed by atoms with Gasteiger partial charge in [-0.3, -0.25) is 4.79 Å². The van der Waals surface area contributed by atoms with E-state index in [9.17, 15) is 4.79 Å². The van der Waals surface area contributed by atoms with Crippen LogP contribution >= 0.6 is 0 Å². The number of amides is 1. The van der Waals surface area contributed by atoms with Crippen molar-refractivity contribution in [2.75, 3.05) is 40.1 Å². The van der Waals surface area contributed by atoms with Crippen LogP contribution in [0.2, 0.25) is 0 Å². The van der Waals surface area contributed by atoms with E-state index < -0.39 is 0 Å². The fraction of sp³-hybridized carbons (Fsp3) is 0.345. The predicted octanol–water partition coefficient (Wildman–Crippen LogP) is 4.67. The Balaban J connectivity index is 1.50. The molecule has 0 aliphatic carbocycles. The average molecular weight is 476 g/mol. The van der Waals surface area contributed by atoms with Gasteiger partial charge in [0.1, 0.15) is 23.9 Å². The van der Waals surface area contributed by atoms with E-state index in [1.807, 2.05) is 24.3 Å². The largest absolute Gasteiger partial charge is 0.497 e. The number of aryl methyl sites for hydroxylation is 1. The van der Waals surface area contributed by atoms with Gasteiger partial charge in [-0.25, -0.2) is 0 Å². The van der Waals surface area contributed by atoms with Crippen LogP contribution < -0.4 is 14.2 Å². The highest BCUT2D eigenvalue weighted by Gasteiger charge is 2.16. The molecule has 2 bridgehead atoms. The molecule has 0 fully saturated rings. The van der Waals surface area contributed by atoms with Crippen LogP contribution in [0.15, 0.2) is 66.7 Å². The molecule has 0 N–H and O–H groups in total. The summed E-state index contributed by atoms with van der Waals surface area (Å²) in [5, 5.41) is 0. The average Bonchev–Trinajstić information content (AvgIpc) is 2.89. The minimum absolute atomic E-state index is 0.0524. The minimum Gasteiger partial charge on any atom is -0.497 e. The summed E-state index contributed by atoms with van der Waals surface area (Å²) in [6.07, 6.45) is 1.75. The molecule has 0 unspecified atom stereocenters. The van der Waals surface area contributed by atoms with E-state index in [4.69, 9.17) is 18.9 Å². The van der Waals surface area contributed by atoms with E-state index in [0.717, 1.165) is 29.7 Å². The Morgan fingerprint density at radius 3 is 2.63 bits per heavy atom. The number of nitrogens with zero attached hydrogens (tertiary/aromatic N) is 1. The summed E-state index contributed by atoms with van der Waals surface area (Å²) < 4.78 is 22.8. The van der Waals surface area contributed by atoms with Crippen molar-refractivity contribution >= 4 is 5.91 Å². The van der Waals surface area contributed by atoms with Crippen molar-refractivity contribution in [3.05, 3.63) is 89.0 Å². The smallest absolute Gasteiger partial charge is 0.260 e. The molecular weight excluding hydrogens is 442 g/mol. The zero-order valence-electron chi connectivity index (χ0n) is 20.5. The van der Waals surface area contributed by atoms with Crippen molar-refractivity contribution in [3.8, 4) is 17.2 Å². The van der Waals surface area contributed by atoms with Crippen molar-refractivity contribution in [1.82, 2.24) is 4.90 Å². The Kier molecular flexibility index (Phi) is 8.63. The second-order valence-electron chi connectivity index (χ2n) is 8.54. The Morgan fingerprint density at radius 1 is 0.943 bits per heavy atom. The molecule has 0 aromatic heterocycles. The fourth-order valence-corrected chi connectivity index (χ4v) is 4.12. The third-order valence-corrected chi connectivity index (χ3v) is 6.04. The lowest BCUT2D eigenvalue weighted by atomic mass is 9.99. The lowest BCUT2D eigenvalue weighted by molar-refractivity contribution is -0.134. The van der Waals surface area contributed by atoms with E-state index in [2.05, 4.69) is 43.3 Å². The summed E-state index contributed by atoms with van der Waals surface area (Å²) in [7, 11) is 1.60. The van der Waals surface area contributed by atoms with Crippen LogP contribution in [0.1, 0.15) is 29.2 Å². The van der Waals surface area contributed by atoms with Gasteiger partial charge in [0.2, 0.25) is 0 Å². The Labute approximate surface area is 207 Å². The van der Waals surface area contributed by atoms with Gasteiger partial charge in [-0.15, -0.1) is 0 Å². The van der Waals surface area contributed by atoms with Crippen LogP contribution in [-0.4, -0.2) is 50.9 Å². The van der Waals surface area contributed by atoms with Gasteiger partial charge in [0.05, 0.1) is 20.3 Å². The van der Waals surface area contributed by atoms with Crippen LogP contribution in [0.5, 0.6) is 17.2 Å². The molecule has 0 radical (unpaired) electrons. The third-order valence-electron chi connectivity index (χ3n) is 6.04. The number of methoxy groups -OCH3 is 1. The highest BCUT2D eigenvalue weighted by molar-refractivity contribution is 5.77. The molecule has 35 heavy (non-hydrogen) atoms. The molecule has 3 aromatic rings. The van der Waals surface area contributed by atoms with Crippen LogP contribution in [0.25, 0.3) is 0 Å². The molecule has 6 heteroatoms. The molecule has 0 atom stereocenters. The van der Waals surface area contributed by atoms with Gasteiger partial charge in [0.15, 0.2) is 6.61 Å². The maximum atomic E-state index is 13.1. The summed E-state index contributed by atoms with van der Waals surface area (Å²) in [6, 6.07) is 22.1. The van der Waals surface area contributed by atoms with Crippen molar-refractivity contribution in [2.45, 2.75) is 26.3 Å². The molecule has 1 heterocycles. The number of benzene rings is 3. The van der Waals surface area contributed by atoms with Crippen LogP contribution in [-0.2, 0) is 28.9 Å². The van der Waals surface area contributed by atoms with Gasteiger partial charge >= 0.3 is 0 Å². The zero-order chi connectivity index (χ0) is 24.5. The van der Waals surface area contributed by atoms with Gasteiger partial charge < -0.3 is 23.8 Å². The first-order valence-electron chi connectivity index (χ1n) is 12.1. The summed E-state index contributed by atoms with van der Waals surface area (Å²) in [4.78, 5) is 14.9. The molecule has 0 saturated carbocycles. The molecule has 1 amide bonds. The molecule has 0 saturated heterocycles. The number of rotatable bonds is 5. The second kappa shape index (κ2) is 12.3. The number of ether oxygens (including phenoxy) is 4. The summed E-state index contributed by atoms with van der Waals surface area (Å²) in [5.74, 6) is 2.09. The number of hydrogen-bond acceptors (Lipinski definition) is 5. The normalized spacial score (nSPS) is 14.3. The van der Waals surface area contributed by atoms with Gasteiger partial charge in [-0.1, -0.05) is 49.4 Å². The van der Waals surface area contributed by atoms with Crippen LogP contribution in [0, 0.1) is 0 Å². The van der Waals surface area contributed by atoms with Crippen molar-refractivity contribution < 1.29 is 23.7 Å². The van der Waals surface area contributed by atoms with Gasteiger partial charge in [-0.2, -0.15) is 0 Å². The zero-order valence-corrected chi connectivity index (χ0v) is 20.5. The van der Waals surface area contributed by atoms with Crippen molar-refractivity contribution in [3.63, 3.8) is 0 Å². The standard InChI is InChI=1S/C29H33NO5/c1-3-22-10-11-28-25(17-22)18-23-6-4-7-24(16-23)20-30(12-13-33-14-15-34-28)29(31)21-35-27-9-5-8-26(19-27)32-2/h4-11,16-17,19H,3,12-15,18,20-21H2,1-2H3. The first kappa shape index (κ1) is 24.6. The minimum atomic E-state index is -0.0944. The molecular formula is C29H33NO5. The lowest BCUT2D eigenvalue weighted by Gasteiger charge is -2.24. The number of carbonyl (C=O) groups excluding carboxylic acids is 1.